The number of benzene rings is 2. The first-order chi connectivity index (χ1) is 11.4. The number of Topliss-reactive ketones (excluding diaryl/α,β-unsaturated/α-hetero) is 1. The van der Waals surface area contributed by atoms with Crippen molar-refractivity contribution in [2.24, 2.45) is 0 Å². The lowest BCUT2D eigenvalue weighted by molar-refractivity contribution is -0.117. The monoisotopic (exact) mass is 344 g/mol. The Kier molecular flexibility index (Phi) is 6.12. The highest BCUT2D eigenvalue weighted by atomic mass is 35.5. The van der Waals surface area contributed by atoms with E-state index in [0.29, 0.717) is 16.3 Å². The van der Waals surface area contributed by atoms with Crippen molar-refractivity contribution >= 4 is 29.0 Å². The minimum absolute atomic E-state index is 0.00161. The van der Waals surface area contributed by atoms with Crippen molar-refractivity contribution in [1.29, 1.82) is 0 Å². The fourth-order valence-corrected chi connectivity index (χ4v) is 2.56. The van der Waals surface area contributed by atoms with Crippen LogP contribution in [0.3, 0.4) is 0 Å². The molecule has 0 aliphatic carbocycles. The molecule has 0 saturated heterocycles. The molecule has 0 bridgehead atoms. The van der Waals surface area contributed by atoms with Gasteiger partial charge in [0.05, 0.1) is 6.04 Å². The maximum absolute atomic E-state index is 12.3. The maximum Gasteiger partial charge on any atom is 0.241 e. The number of carbonyl (C=O) groups is 2. The van der Waals surface area contributed by atoms with Crippen LogP contribution >= 0.6 is 11.6 Å². The number of ketones is 1. The van der Waals surface area contributed by atoms with Crippen LogP contribution in [0.25, 0.3) is 0 Å². The fraction of sp³-hybridized carbons (Fsp3) is 0.263. The summed E-state index contributed by atoms with van der Waals surface area (Å²) in [5, 5.41) is 6.76. The maximum atomic E-state index is 12.3. The zero-order valence-electron chi connectivity index (χ0n) is 14.0. The van der Waals surface area contributed by atoms with Gasteiger partial charge in [0.15, 0.2) is 5.78 Å². The van der Waals surface area contributed by atoms with Gasteiger partial charge in [-0.25, -0.2) is 0 Å². The molecular weight excluding hydrogens is 324 g/mol. The van der Waals surface area contributed by atoms with Gasteiger partial charge < -0.3 is 5.32 Å². The van der Waals surface area contributed by atoms with Crippen LogP contribution in [0.15, 0.2) is 48.5 Å². The topological polar surface area (TPSA) is 58.2 Å². The van der Waals surface area contributed by atoms with Crippen LogP contribution in [0, 0.1) is 0 Å². The van der Waals surface area contributed by atoms with Gasteiger partial charge in [0.25, 0.3) is 0 Å². The molecule has 24 heavy (non-hydrogen) atoms. The zero-order valence-corrected chi connectivity index (χ0v) is 14.7. The smallest absolute Gasteiger partial charge is 0.241 e. The second-order valence-electron chi connectivity index (χ2n) is 5.79. The molecule has 0 aliphatic rings. The summed E-state index contributed by atoms with van der Waals surface area (Å²) in [5.41, 5.74) is 2.30. The molecule has 4 nitrogen and oxygen atoms in total. The van der Waals surface area contributed by atoms with Crippen LogP contribution in [-0.4, -0.2) is 17.7 Å². The van der Waals surface area contributed by atoms with E-state index in [-0.39, 0.29) is 23.8 Å². The second-order valence-corrected chi connectivity index (χ2v) is 6.22. The predicted molar refractivity (Wildman–Crippen MR) is 97.5 cm³/mol. The van der Waals surface area contributed by atoms with Crippen molar-refractivity contribution in [3.8, 4) is 0 Å². The Hall–Kier alpha value is -2.17. The lowest BCUT2D eigenvalue weighted by atomic mass is 10.1. The quantitative estimate of drug-likeness (QED) is 0.771. The standard InChI is InChI=1S/C19H21ClN2O2/c1-12(16-5-4-6-17(20)11-16)21-13(2)19(24)22-18-9-7-15(8-10-18)14(3)23/h4-13,21H,1-3H3,(H,22,24)/t12-,13+/m0/s1. The average molecular weight is 345 g/mol. The molecule has 126 valence electrons. The van der Waals surface area contributed by atoms with Crippen LogP contribution in [-0.2, 0) is 4.79 Å². The molecule has 2 aromatic carbocycles. The predicted octanol–water partition coefficient (Wildman–Crippen LogP) is 4.22. The molecule has 0 spiro atoms. The molecule has 1 amide bonds. The number of halogens is 1. The molecule has 2 N–H and O–H groups in total. The van der Waals surface area contributed by atoms with Crippen molar-refractivity contribution in [3.63, 3.8) is 0 Å². The summed E-state index contributed by atoms with van der Waals surface area (Å²) in [6.07, 6.45) is 0. The van der Waals surface area contributed by atoms with Crippen LogP contribution in [0.2, 0.25) is 5.02 Å². The number of hydrogen-bond donors (Lipinski definition) is 2. The molecule has 0 heterocycles. The third kappa shape index (κ3) is 4.91. The molecule has 2 atom stereocenters. The Morgan fingerprint density at radius 2 is 1.71 bits per heavy atom. The number of carbonyl (C=O) groups excluding carboxylic acids is 2. The van der Waals surface area contributed by atoms with E-state index in [1.165, 1.54) is 6.92 Å². The average Bonchev–Trinajstić information content (AvgIpc) is 2.55. The van der Waals surface area contributed by atoms with Crippen molar-refractivity contribution in [2.75, 3.05) is 5.32 Å². The van der Waals surface area contributed by atoms with E-state index in [1.807, 2.05) is 31.2 Å². The molecule has 0 aromatic heterocycles. The van der Waals surface area contributed by atoms with Crippen molar-refractivity contribution in [2.45, 2.75) is 32.9 Å². The summed E-state index contributed by atoms with van der Waals surface area (Å²) < 4.78 is 0. The molecule has 0 unspecified atom stereocenters. The highest BCUT2D eigenvalue weighted by Gasteiger charge is 2.16. The molecule has 0 radical (unpaired) electrons. The van der Waals surface area contributed by atoms with E-state index in [1.54, 1.807) is 31.2 Å². The lowest BCUT2D eigenvalue weighted by Gasteiger charge is -2.20. The first kappa shape index (κ1) is 18.2. The van der Waals surface area contributed by atoms with Crippen LogP contribution < -0.4 is 10.6 Å². The third-order valence-corrected chi connectivity index (χ3v) is 4.04. The van der Waals surface area contributed by atoms with Crippen molar-refractivity contribution < 1.29 is 9.59 Å². The lowest BCUT2D eigenvalue weighted by Crippen LogP contribution is -2.39. The van der Waals surface area contributed by atoms with Gasteiger partial charge in [-0.3, -0.25) is 14.9 Å². The minimum atomic E-state index is -0.383. The third-order valence-electron chi connectivity index (χ3n) is 3.80. The zero-order chi connectivity index (χ0) is 17.7. The van der Waals surface area contributed by atoms with Crippen LogP contribution in [0.1, 0.15) is 42.7 Å². The summed E-state index contributed by atoms with van der Waals surface area (Å²) in [6.45, 7) is 5.30. The van der Waals surface area contributed by atoms with E-state index in [2.05, 4.69) is 10.6 Å². The summed E-state index contributed by atoms with van der Waals surface area (Å²) in [6, 6.07) is 14.0. The Balaban J connectivity index is 1.95. The summed E-state index contributed by atoms with van der Waals surface area (Å²) >= 11 is 6.00. The molecule has 0 fully saturated rings. The molecule has 2 rings (SSSR count). The summed E-state index contributed by atoms with van der Waals surface area (Å²) in [4.78, 5) is 23.6. The largest absolute Gasteiger partial charge is 0.325 e. The fourth-order valence-electron chi connectivity index (χ4n) is 2.36. The number of nitrogens with one attached hydrogen (secondary N) is 2. The summed E-state index contributed by atoms with van der Waals surface area (Å²) in [7, 11) is 0. The number of rotatable bonds is 6. The normalized spacial score (nSPS) is 13.2. The minimum Gasteiger partial charge on any atom is -0.325 e. The van der Waals surface area contributed by atoms with E-state index in [4.69, 9.17) is 11.6 Å². The molecule has 2 aromatic rings. The number of hydrogen-bond acceptors (Lipinski definition) is 3. The van der Waals surface area contributed by atoms with E-state index >= 15 is 0 Å². The van der Waals surface area contributed by atoms with E-state index < -0.39 is 0 Å². The van der Waals surface area contributed by atoms with Crippen molar-refractivity contribution in [1.82, 2.24) is 5.32 Å². The van der Waals surface area contributed by atoms with Gasteiger partial charge in [-0.2, -0.15) is 0 Å². The van der Waals surface area contributed by atoms with Gasteiger partial charge in [-0.1, -0.05) is 23.7 Å². The van der Waals surface area contributed by atoms with E-state index in [0.717, 1.165) is 5.56 Å². The van der Waals surface area contributed by atoms with Crippen LogP contribution in [0.5, 0.6) is 0 Å². The van der Waals surface area contributed by atoms with Gasteiger partial charge >= 0.3 is 0 Å². The van der Waals surface area contributed by atoms with Gasteiger partial charge in [-0.15, -0.1) is 0 Å². The van der Waals surface area contributed by atoms with Gasteiger partial charge in [0, 0.05) is 22.3 Å². The Morgan fingerprint density at radius 3 is 2.29 bits per heavy atom. The van der Waals surface area contributed by atoms with Gasteiger partial charge in [-0.05, 0) is 62.7 Å². The Morgan fingerprint density at radius 1 is 1.04 bits per heavy atom. The van der Waals surface area contributed by atoms with Gasteiger partial charge in [0.2, 0.25) is 5.91 Å². The first-order valence-corrected chi connectivity index (χ1v) is 8.18. The second kappa shape index (κ2) is 8.08. The highest BCUT2D eigenvalue weighted by molar-refractivity contribution is 6.30. The first-order valence-electron chi connectivity index (χ1n) is 7.80. The summed E-state index contributed by atoms with van der Waals surface area (Å²) in [5.74, 6) is -0.141. The van der Waals surface area contributed by atoms with Crippen LogP contribution in [0.4, 0.5) is 5.69 Å². The number of anilines is 1. The highest BCUT2D eigenvalue weighted by Crippen LogP contribution is 2.18. The van der Waals surface area contributed by atoms with E-state index in [9.17, 15) is 9.59 Å². The molecule has 0 aliphatic heterocycles. The Bertz CT molecular complexity index is 728. The molecule has 0 saturated carbocycles. The van der Waals surface area contributed by atoms with Gasteiger partial charge in [0.1, 0.15) is 0 Å². The molecule has 5 heteroatoms. The van der Waals surface area contributed by atoms with Crippen molar-refractivity contribution in [3.05, 3.63) is 64.7 Å². The SMILES string of the molecule is CC(=O)c1ccc(NC(=O)[C@@H](C)N[C@@H](C)c2cccc(Cl)c2)cc1. The molecular formula is C19H21ClN2O2. The Labute approximate surface area is 147 Å². The number of amides is 1.